The van der Waals surface area contributed by atoms with Gasteiger partial charge in [0, 0.05) is 25.4 Å². The molecule has 1 atom stereocenters. The Morgan fingerprint density at radius 2 is 2.27 bits per heavy atom. The molecule has 0 N–H and O–H groups in total. The largest absolute Gasteiger partial charge is 0.469 e. The minimum Gasteiger partial charge on any atom is -0.469 e. The van der Waals surface area contributed by atoms with Gasteiger partial charge in [-0.1, -0.05) is 0 Å². The Labute approximate surface area is 87.7 Å². The maximum atomic E-state index is 13.5. The van der Waals surface area contributed by atoms with Gasteiger partial charge in [0.1, 0.15) is 0 Å². The van der Waals surface area contributed by atoms with Gasteiger partial charge in [-0.2, -0.15) is 0 Å². The molecule has 1 unspecified atom stereocenters. The Morgan fingerprint density at radius 1 is 1.53 bits per heavy atom. The summed E-state index contributed by atoms with van der Waals surface area (Å²) in [5.41, 5.74) is 0. The molecule has 15 heavy (non-hydrogen) atoms. The molecule has 88 valence electrons. The van der Waals surface area contributed by atoms with E-state index in [1.54, 1.807) is 0 Å². The van der Waals surface area contributed by atoms with Crippen molar-refractivity contribution in [2.75, 3.05) is 20.3 Å². The molecule has 1 rings (SSSR count). The van der Waals surface area contributed by atoms with Gasteiger partial charge in [0.05, 0.1) is 13.7 Å². The number of alkyl halides is 2. The van der Waals surface area contributed by atoms with Gasteiger partial charge in [0.15, 0.2) is 0 Å². The highest BCUT2D eigenvalue weighted by Gasteiger charge is 2.40. The van der Waals surface area contributed by atoms with Crippen LogP contribution in [0.2, 0.25) is 0 Å². The van der Waals surface area contributed by atoms with Crippen molar-refractivity contribution in [3.05, 3.63) is 0 Å². The number of carbonyl (C=O) groups is 1. The van der Waals surface area contributed by atoms with Crippen LogP contribution >= 0.6 is 0 Å². The minimum absolute atomic E-state index is 0.0523. The summed E-state index contributed by atoms with van der Waals surface area (Å²) in [6, 6.07) is 0. The summed E-state index contributed by atoms with van der Waals surface area (Å²) < 4.78 is 36.3. The first-order valence-corrected chi connectivity index (χ1v) is 5.08. The molecule has 0 aromatic carbocycles. The minimum atomic E-state index is -2.72. The second-order valence-corrected chi connectivity index (χ2v) is 3.72. The van der Waals surface area contributed by atoms with Crippen LogP contribution in [0, 0.1) is 5.92 Å². The van der Waals surface area contributed by atoms with Crippen LogP contribution < -0.4 is 0 Å². The van der Waals surface area contributed by atoms with Crippen LogP contribution in [0.3, 0.4) is 0 Å². The summed E-state index contributed by atoms with van der Waals surface area (Å²) in [4.78, 5) is 10.9. The van der Waals surface area contributed by atoms with E-state index < -0.39 is 17.8 Å². The zero-order chi connectivity index (χ0) is 11.3. The summed E-state index contributed by atoms with van der Waals surface area (Å²) in [7, 11) is 1.26. The SMILES string of the molecule is COC(=O)CCC1CCOCCC1(F)F. The molecule has 1 fully saturated rings. The molecule has 1 aliphatic rings. The number of hydrogen-bond acceptors (Lipinski definition) is 3. The standard InChI is InChI=1S/C10H16F2O3/c1-14-9(13)3-2-8-4-6-15-7-5-10(8,11)12/h8H,2-7H2,1H3. The topological polar surface area (TPSA) is 35.5 Å². The molecule has 0 spiro atoms. The second-order valence-electron chi connectivity index (χ2n) is 3.72. The molecule has 1 saturated heterocycles. The first kappa shape index (κ1) is 12.4. The fourth-order valence-corrected chi connectivity index (χ4v) is 1.70. The molecule has 0 aliphatic carbocycles. The number of hydrogen-bond donors (Lipinski definition) is 0. The van der Waals surface area contributed by atoms with Crippen molar-refractivity contribution in [1.29, 1.82) is 0 Å². The van der Waals surface area contributed by atoms with Crippen LogP contribution in [-0.2, 0) is 14.3 Å². The second kappa shape index (κ2) is 5.39. The van der Waals surface area contributed by atoms with Crippen LogP contribution in [0.1, 0.15) is 25.7 Å². The lowest BCUT2D eigenvalue weighted by Gasteiger charge is -2.23. The molecule has 5 heteroatoms. The highest BCUT2D eigenvalue weighted by Crippen LogP contribution is 2.36. The maximum Gasteiger partial charge on any atom is 0.305 e. The Balaban J connectivity index is 2.45. The van der Waals surface area contributed by atoms with Crippen molar-refractivity contribution in [2.24, 2.45) is 5.92 Å². The van der Waals surface area contributed by atoms with Gasteiger partial charge >= 0.3 is 5.97 Å². The van der Waals surface area contributed by atoms with Crippen molar-refractivity contribution in [3.8, 4) is 0 Å². The third kappa shape index (κ3) is 3.74. The Bertz CT molecular complexity index is 219. The Hall–Kier alpha value is -0.710. The van der Waals surface area contributed by atoms with E-state index in [0.717, 1.165) is 0 Å². The average molecular weight is 222 g/mol. The summed E-state index contributed by atoms with van der Waals surface area (Å²) in [5.74, 6) is -3.92. The fourth-order valence-electron chi connectivity index (χ4n) is 1.70. The van der Waals surface area contributed by atoms with Gasteiger partial charge in [0.2, 0.25) is 0 Å². The summed E-state index contributed by atoms with van der Waals surface area (Å²) in [6.45, 7) is 0.448. The third-order valence-electron chi connectivity index (χ3n) is 2.71. The average Bonchev–Trinajstić information content (AvgIpc) is 2.36. The predicted octanol–water partition coefficient (Wildman–Crippen LogP) is 2.00. The van der Waals surface area contributed by atoms with Crippen molar-refractivity contribution in [2.45, 2.75) is 31.6 Å². The van der Waals surface area contributed by atoms with Crippen molar-refractivity contribution in [3.63, 3.8) is 0 Å². The Morgan fingerprint density at radius 3 is 2.93 bits per heavy atom. The van der Waals surface area contributed by atoms with E-state index in [2.05, 4.69) is 4.74 Å². The third-order valence-corrected chi connectivity index (χ3v) is 2.71. The normalized spacial score (nSPS) is 25.7. The zero-order valence-corrected chi connectivity index (χ0v) is 8.80. The molecule has 0 radical (unpaired) electrons. The molecular formula is C10H16F2O3. The van der Waals surface area contributed by atoms with Gasteiger partial charge in [-0.25, -0.2) is 8.78 Å². The summed E-state index contributed by atoms with van der Waals surface area (Å²) in [5, 5.41) is 0. The molecule has 1 aliphatic heterocycles. The Kier molecular flexibility index (Phi) is 4.45. The van der Waals surface area contributed by atoms with E-state index >= 15 is 0 Å². The van der Waals surface area contributed by atoms with Crippen molar-refractivity contribution < 1.29 is 23.0 Å². The number of halogens is 2. The molecule has 0 saturated carbocycles. The van der Waals surface area contributed by atoms with E-state index in [4.69, 9.17) is 4.74 Å². The van der Waals surface area contributed by atoms with Crippen LogP contribution in [0.5, 0.6) is 0 Å². The van der Waals surface area contributed by atoms with Gasteiger partial charge in [-0.15, -0.1) is 0 Å². The highest BCUT2D eigenvalue weighted by molar-refractivity contribution is 5.69. The maximum absolute atomic E-state index is 13.5. The molecule has 0 amide bonds. The van der Waals surface area contributed by atoms with Crippen molar-refractivity contribution >= 4 is 5.97 Å². The number of esters is 1. The van der Waals surface area contributed by atoms with Crippen LogP contribution in [0.15, 0.2) is 0 Å². The van der Waals surface area contributed by atoms with E-state index in [0.29, 0.717) is 13.0 Å². The molecule has 0 aromatic rings. The first-order valence-electron chi connectivity index (χ1n) is 5.08. The lowest BCUT2D eigenvalue weighted by molar-refractivity contribution is -0.141. The predicted molar refractivity (Wildman–Crippen MR) is 49.7 cm³/mol. The van der Waals surface area contributed by atoms with Gasteiger partial charge in [-0.3, -0.25) is 4.79 Å². The lowest BCUT2D eigenvalue weighted by Crippen LogP contribution is -2.28. The monoisotopic (exact) mass is 222 g/mol. The van der Waals surface area contributed by atoms with Crippen LogP contribution in [0.25, 0.3) is 0 Å². The highest BCUT2D eigenvalue weighted by atomic mass is 19.3. The first-order chi connectivity index (χ1) is 7.06. The van der Waals surface area contributed by atoms with Crippen LogP contribution in [-0.4, -0.2) is 32.2 Å². The number of methoxy groups -OCH3 is 1. The van der Waals surface area contributed by atoms with E-state index in [9.17, 15) is 13.6 Å². The van der Waals surface area contributed by atoms with E-state index in [-0.39, 0.29) is 25.9 Å². The molecular weight excluding hydrogens is 206 g/mol. The number of ether oxygens (including phenoxy) is 2. The fraction of sp³-hybridized carbons (Fsp3) is 0.900. The van der Waals surface area contributed by atoms with E-state index in [1.807, 2.05) is 0 Å². The summed E-state index contributed by atoms with van der Waals surface area (Å²) >= 11 is 0. The smallest absolute Gasteiger partial charge is 0.305 e. The van der Waals surface area contributed by atoms with Crippen LogP contribution in [0.4, 0.5) is 8.78 Å². The van der Waals surface area contributed by atoms with Gasteiger partial charge in [0.25, 0.3) is 5.92 Å². The molecule has 3 nitrogen and oxygen atoms in total. The van der Waals surface area contributed by atoms with E-state index in [1.165, 1.54) is 7.11 Å². The summed E-state index contributed by atoms with van der Waals surface area (Å²) in [6.07, 6.45) is 0.280. The quantitative estimate of drug-likeness (QED) is 0.685. The molecule has 1 heterocycles. The number of rotatable bonds is 3. The van der Waals surface area contributed by atoms with Crippen molar-refractivity contribution in [1.82, 2.24) is 0 Å². The molecule has 0 aromatic heterocycles. The molecule has 0 bridgehead atoms. The van der Waals surface area contributed by atoms with Gasteiger partial charge in [-0.05, 0) is 12.8 Å². The van der Waals surface area contributed by atoms with Gasteiger partial charge < -0.3 is 9.47 Å². The number of carbonyl (C=O) groups excluding carboxylic acids is 1. The lowest BCUT2D eigenvalue weighted by atomic mass is 9.91. The zero-order valence-electron chi connectivity index (χ0n) is 8.80.